The second kappa shape index (κ2) is 7.56. The number of para-hydroxylation sites is 1. The summed E-state index contributed by atoms with van der Waals surface area (Å²) >= 11 is 0. The normalized spacial score (nSPS) is 11.8. The molecule has 0 aliphatic carbocycles. The summed E-state index contributed by atoms with van der Waals surface area (Å²) in [6.45, 7) is 1.65. The van der Waals surface area contributed by atoms with Crippen LogP contribution in [0.2, 0.25) is 0 Å². The van der Waals surface area contributed by atoms with E-state index in [9.17, 15) is 4.79 Å². The minimum absolute atomic E-state index is 0.330. The molecule has 29 heavy (non-hydrogen) atoms. The number of nitriles is 1. The summed E-state index contributed by atoms with van der Waals surface area (Å²) in [6, 6.07) is 20.0. The number of carbonyl (C=O) groups is 1. The Morgan fingerprint density at radius 1 is 1.07 bits per heavy atom. The highest BCUT2D eigenvalue weighted by Crippen LogP contribution is 2.36. The molecule has 0 aliphatic heterocycles. The summed E-state index contributed by atoms with van der Waals surface area (Å²) in [5.74, 6) is 0.706. The molecule has 144 valence electrons. The number of hydrogen-bond acceptors (Lipinski definition) is 5. The van der Waals surface area contributed by atoms with E-state index >= 15 is 0 Å². The van der Waals surface area contributed by atoms with E-state index in [-0.39, 0.29) is 5.91 Å². The molecular weight excluding hydrogens is 368 g/mol. The molecule has 6 heteroatoms. The second-order valence-corrected chi connectivity index (χ2v) is 6.53. The van der Waals surface area contributed by atoms with Gasteiger partial charge >= 0.3 is 0 Å². The lowest BCUT2D eigenvalue weighted by Crippen LogP contribution is -2.30. The molecule has 0 radical (unpaired) electrons. The summed E-state index contributed by atoms with van der Waals surface area (Å²) in [4.78, 5) is 12.6. The van der Waals surface area contributed by atoms with Crippen molar-refractivity contribution in [1.29, 1.82) is 5.26 Å². The number of carbonyl (C=O) groups excluding carboxylic acids is 1. The third-order valence-corrected chi connectivity index (χ3v) is 4.62. The van der Waals surface area contributed by atoms with Crippen LogP contribution in [0, 0.1) is 11.3 Å². The average Bonchev–Trinajstić information content (AvgIpc) is 3.11. The van der Waals surface area contributed by atoms with E-state index in [0.29, 0.717) is 28.3 Å². The first kappa shape index (κ1) is 18.4. The van der Waals surface area contributed by atoms with E-state index in [4.69, 9.17) is 19.2 Å². The van der Waals surface area contributed by atoms with Gasteiger partial charge in [-0.2, -0.15) is 5.26 Å². The highest BCUT2D eigenvalue weighted by atomic mass is 16.5. The maximum Gasteiger partial charge on any atom is 0.265 e. The fourth-order valence-electron chi connectivity index (χ4n) is 3.12. The van der Waals surface area contributed by atoms with Gasteiger partial charge in [0.05, 0.1) is 24.4 Å². The fraction of sp³-hybridized carbons (Fsp3) is 0.130. The average molecular weight is 386 g/mol. The number of hydrogen-bond donors (Lipinski definition) is 1. The summed E-state index contributed by atoms with van der Waals surface area (Å²) in [5.41, 5.74) is 2.45. The van der Waals surface area contributed by atoms with Gasteiger partial charge in [-0.05, 0) is 43.3 Å². The highest BCUT2D eigenvalue weighted by Gasteiger charge is 2.19. The summed E-state index contributed by atoms with van der Waals surface area (Å²) in [7, 11) is 1.55. The van der Waals surface area contributed by atoms with Gasteiger partial charge in [0.25, 0.3) is 5.91 Å². The second-order valence-electron chi connectivity index (χ2n) is 6.53. The summed E-state index contributed by atoms with van der Waals surface area (Å²) in [5, 5.41) is 13.6. The van der Waals surface area contributed by atoms with Gasteiger partial charge in [0.1, 0.15) is 22.7 Å². The standard InChI is InChI=1S/C23H18N2O4/c1-14(28-16-9-7-15(13-24)8-10-16)23(26)25-19-12-21-18(11-22(19)27-2)17-5-3-4-6-20(17)29-21/h3-12,14H,1-2H3,(H,25,26)/t14-/m0/s1. The molecule has 6 nitrogen and oxygen atoms in total. The Morgan fingerprint density at radius 3 is 2.55 bits per heavy atom. The molecule has 1 N–H and O–H groups in total. The van der Waals surface area contributed by atoms with Crippen LogP contribution in [-0.4, -0.2) is 19.1 Å². The van der Waals surface area contributed by atoms with Crippen molar-refractivity contribution in [3.63, 3.8) is 0 Å². The van der Waals surface area contributed by atoms with Crippen molar-refractivity contribution in [2.45, 2.75) is 13.0 Å². The van der Waals surface area contributed by atoms with E-state index in [1.54, 1.807) is 44.4 Å². The van der Waals surface area contributed by atoms with Crippen LogP contribution in [0.5, 0.6) is 11.5 Å². The van der Waals surface area contributed by atoms with Crippen molar-refractivity contribution in [3.8, 4) is 17.6 Å². The Bertz CT molecular complexity index is 1240. The first-order valence-electron chi connectivity index (χ1n) is 9.06. The lowest BCUT2D eigenvalue weighted by atomic mass is 10.1. The predicted octanol–water partition coefficient (Wildman–Crippen LogP) is 4.87. The number of rotatable bonds is 5. The van der Waals surface area contributed by atoms with Crippen molar-refractivity contribution in [3.05, 3.63) is 66.2 Å². The number of anilines is 1. The molecule has 1 atom stereocenters. The molecule has 1 aromatic heterocycles. The monoisotopic (exact) mass is 386 g/mol. The van der Waals surface area contributed by atoms with Gasteiger partial charge < -0.3 is 19.2 Å². The van der Waals surface area contributed by atoms with E-state index < -0.39 is 6.10 Å². The quantitative estimate of drug-likeness (QED) is 0.529. The molecule has 0 bridgehead atoms. The predicted molar refractivity (Wildman–Crippen MR) is 110 cm³/mol. The number of nitrogens with zero attached hydrogens (tertiary/aromatic N) is 1. The number of ether oxygens (including phenoxy) is 2. The third-order valence-electron chi connectivity index (χ3n) is 4.62. The minimum atomic E-state index is -0.751. The van der Waals surface area contributed by atoms with Crippen LogP contribution in [-0.2, 0) is 4.79 Å². The lowest BCUT2D eigenvalue weighted by Gasteiger charge is -2.16. The van der Waals surface area contributed by atoms with Crippen molar-refractivity contribution >= 4 is 33.5 Å². The Balaban J connectivity index is 1.57. The Kier molecular flexibility index (Phi) is 4.80. The Morgan fingerprint density at radius 2 is 1.83 bits per heavy atom. The van der Waals surface area contributed by atoms with Crippen LogP contribution in [0.1, 0.15) is 12.5 Å². The molecule has 1 heterocycles. The number of benzene rings is 3. The molecule has 0 unspecified atom stereocenters. The molecular formula is C23H18N2O4. The molecule has 0 saturated heterocycles. The van der Waals surface area contributed by atoms with Crippen molar-refractivity contribution < 1.29 is 18.7 Å². The molecule has 4 aromatic rings. The van der Waals surface area contributed by atoms with E-state index in [1.165, 1.54) is 0 Å². The van der Waals surface area contributed by atoms with Gasteiger partial charge in [-0.3, -0.25) is 4.79 Å². The number of furan rings is 1. The maximum absolute atomic E-state index is 12.6. The largest absolute Gasteiger partial charge is 0.495 e. The Hall–Kier alpha value is -3.98. The zero-order valence-electron chi connectivity index (χ0n) is 15.9. The van der Waals surface area contributed by atoms with Crippen molar-refractivity contribution in [1.82, 2.24) is 0 Å². The highest BCUT2D eigenvalue weighted by molar-refractivity contribution is 6.08. The van der Waals surface area contributed by atoms with Gasteiger partial charge in [0.15, 0.2) is 6.10 Å². The minimum Gasteiger partial charge on any atom is -0.495 e. The smallest absolute Gasteiger partial charge is 0.265 e. The van der Waals surface area contributed by atoms with Gasteiger partial charge in [-0.15, -0.1) is 0 Å². The van der Waals surface area contributed by atoms with Crippen LogP contribution in [0.4, 0.5) is 5.69 Å². The maximum atomic E-state index is 12.6. The van der Waals surface area contributed by atoms with Crippen molar-refractivity contribution in [2.24, 2.45) is 0 Å². The third kappa shape index (κ3) is 3.58. The number of fused-ring (bicyclic) bond motifs is 3. The number of nitrogens with one attached hydrogen (secondary N) is 1. The number of methoxy groups -OCH3 is 1. The molecule has 0 saturated carbocycles. The topological polar surface area (TPSA) is 84.5 Å². The fourth-order valence-corrected chi connectivity index (χ4v) is 3.12. The molecule has 1 amide bonds. The van der Waals surface area contributed by atoms with Gasteiger partial charge in [0.2, 0.25) is 0 Å². The van der Waals surface area contributed by atoms with Crippen LogP contribution in [0.15, 0.2) is 65.1 Å². The van der Waals surface area contributed by atoms with E-state index in [1.807, 2.05) is 36.4 Å². The molecule has 0 aliphatic rings. The first-order valence-corrected chi connectivity index (χ1v) is 9.06. The summed E-state index contributed by atoms with van der Waals surface area (Å²) < 4.78 is 17.0. The van der Waals surface area contributed by atoms with Gasteiger partial charge in [0, 0.05) is 16.8 Å². The van der Waals surface area contributed by atoms with Gasteiger partial charge in [-0.1, -0.05) is 18.2 Å². The Labute approximate surface area is 167 Å². The molecule has 0 fully saturated rings. The van der Waals surface area contributed by atoms with E-state index in [0.717, 1.165) is 16.4 Å². The van der Waals surface area contributed by atoms with Crippen LogP contribution < -0.4 is 14.8 Å². The zero-order chi connectivity index (χ0) is 20.4. The van der Waals surface area contributed by atoms with E-state index in [2.05, 4.69) is 5.32 Å². The van der Waals surface area contributed by atoms with Crippen LogP contribution in [0.3, 0.4) is 0 Å². The first-order chi connectivity index (χ1) is 14.1. The molecule has 3 aromatic carbocycles. The number of amides is 1. The molecule has 4 rings (SSSR count). The van der Waals surface area contributed by atoms with Crippen LogP contribution >= 0.6 is 0 Å². The molecule has 0 spiro atoms. The van der Waals surface area contributed by atoms with Crippen molar-refractivity contribution in [2.75, 3.05) is 12.4 Å². The zero-order valence-corrected chi connectivity index (χ0v) is 15.9. The SMILES string of the molecule is COc1cc2c(cc1NC(=O)[C@H](C)Oc1ccc(C#N)cc1)oc1ccccc12. The lowest BCUT2D eigenvalue weighted by molar-refractivity contribution is -0.122. The summed E-state index contributed by atoms with van der Waals surface area (Å²) in [6.07, 6.45) is -0.751. The van der Waals surface area contributed by atoms with Gasteiger partial charge in [-0.25, -0.2) is 0 Å². The van der Waals surface area contributed by atoms with Crippen LogP contribution in [0.25, 0.3) is 21.9 Å².